The normalized spacial score (nSPS) is 16.4. The quantitative estimate of drug-likeness (QED) is 0.567. The number of carbonyl (C=O) groups excluding carboxylic acids is 2. The molecule has 1 fully saturated rings. The van der Waals surface area contributed by atoms with E-state index in [4.69, 9.17) is 14.6 Å². The zero-order valence-electron chi connectivity index (χ0n) is 18.3. The number of amides is 2. The highest BCUT2D eigenvalue weighted by molar-refractivity contribution is 5.86. The molecule has 174 valence electrons. The minimum absolute atomic E-state index is 0.0193. The standard InChI is InChI=1S/C25H28N2O6/c28-23(29)10-9-22(24(30)26-16-11-13-32-14-12-16)27-25(31)33-15-21-19-7-3-1-5-17(19)18-6-2-4-8-20(18)21/h1-8,16,21-22H,9-15H2,(H,26,30)(H,27,31)(H,28,29). The summed E-state index contributed by atoms with van der Waals surface area (Å²) in [4.78, 5) is 36.4. The number of benzene rings is 2. The largest absolute Gasteiger partial charge is 0.481 e. The Morgan fingerprint density at radius 1 is 1.00 bits per heavy atom. The first-order valence-corrected chi connectivity index (χ1v) is 11.2. The Bertz CT molecular complexity index is 972. The third-order valence-electron chi connectivity index (χ3n) is 6.17. The maximum atomic E-state index is 12.7. The van der Waals surface area contributed by atoms with Crippen LogP contribution in [-0.4, -0.2) is 55.0 Å². The minimum atomic E-state index is -1.03. The second kappa shape index (κ2) is 10.5. The molecule has 33 heavy (non-hydrogen) atoms. The smallest absolute Gasteiger partial charge is 0.407 e. The first-order valence-electron chi connectivity index (χ1n) is 11.2. The summed E-state index contributed by atoms with van der Waals surface area (Å²) in [7, 11) is 0. The molecule has 0 saturated carbocycles. The SMILES string of the molecule is O=C(O)CCC(NC(=O)OCC1c2ccccc2-c2ccccc21)C(=O)NC1CCOCC1. The van der Waals surface area contributed by atoms with Crippen LogP contribution >= 0.6 is 0 Å². The minimum Gasteiger partial charge on any atom is -0.481 e. The van der Waals surface area contributed by atoms with Gasteiger partial charge in [-0.3, -0.25) is 9.59 Å². The topological polar surface area (TPSA) is 114 Å². The molecule has 1 aliphatic heterocycles. The molecule has 1 heterocycles. The Hall–Kier alpha value is -3.39. The summed E-state index contributed by atoms with van der Waals surface area (Å²) in [6, 6.07) is 15.0. The van der Waals surface area contributed by atoms with Crippen molar-refractivity contribution in [2.24, 2.45) is 0 Å². The molecule has 3 N–H and O–H groups in total. The van der Waals surface area contributed by atoms with Crippen LogP contribution in [-0.2, 0) is 19.1 Å². The zero-order chi connectivity index (χ0) is 23.2. The molecule has 8 heteroatoms. The highest BCUT2D eigenvalue weighted by Crippen LogP contribution is 2.44. The predicted molar refractivity (Wildman–Crippen MR) is 121 cm³/mol. The molecule has 1 atom stereocenters. The summed E-state index contributed by atoms with van der Waals surface area (Å²) in [5.41, 5.74) is 4.42. The number of carbonyl (C=O) groups is 3. The molecule has 4 rings (SSSR count). The van der Waals surface area contributed by atoms with Crippen LogP contribution in [0.15, 0.2) is 48.5 Å². The van der Waals surface area contributed by atoms with Crippen molar-refractivity contribution in [3.05, 3.63) is 59.7 Å². The van der Waals surface area contributed by atoms with E-state index in [1.807, 2.05) is 36.4 Å². The maximum Gasteiger partial charge on any atom is 0.407 e. The van der Waals surface area contributed by atoms with Crippen LogP contribution in [0.1, 0.15) is 42.7 Å². The highest BCUT2D eigenvalue weighted by atomic mass is 16.5. The second-order valence-electron chi connectivity index (χ2n) is 8.35. The molecule has 0 radical (unpaired) electrons. The predicted octanol–water partition coefficient (Wildman–Crippen LogP) is 3.05. The summed E-state index contributed by atoms with van der Waals surface area (Å²) >= 11 is 0. The van der Waals surface area contributed by atoms with E-state index in [1.54, 1.807) is 0 Å². The van der Waals surface area contributed by atoms with Gasteiger partial charge < -0.3 is 25.2 Å². The van der Waals surface area contributed by atoms with Gasteiger partial charge in [0, 0.05) is 31.6 Å². The molecule has 1 aliphatic carbocycles. The summed E-state index contributed by atoms with van der Waals surface area (Å²) in [6.45, 7) is 1.24. The summed E-state index contributed by atoms with van der Waals surface area (Å²) in [5.74, 6) is -1.54. The monoisotopic (exact) mass is 452 g/mol. The van der Waals surface area contributed by atoms with E-state index in [-0.39, 0.29) is 31.4 Å². The van der Waals surface area contributed by atoms with Gasteiger partial charge in [-0.05, 0) is 41.5 Å². The molecule has 0 aromatic heterocycles. The van der Waals surface area contributed by atoms with Crippen molar-refractivity contribution in [3.8, 4) is 11.1 Å². The number of alkyl carbamates (subject to hydrolysis) is 1. The van der Waals surface area contributed by atoms with Gasteiger partial charge in [-0.25, -0.2) is 4.79 Å². The van der Waals surface area contributed by atoms with E-state index >= 15 is 0 Å². The van der Waals surface area contributed by atoms with Crippen LogP contribution in [0.3, 0.4) is 0 Å². The number of rotatable bonds is 8. The zero-order valence-corrected chi connectivity index (χ0v) is 18.3. The molecule has 1 saturated heterocycles. The summed E-state index contributed by atoms with van der Waals surface area (Å²) in [6.07, 6.45) is 0.365. The van der Waals surface area contributed by atoms with E-state index in [0.29, 0.717) is 26.1 Å². The van der Waals surface area contributed by atoms with Crippen LogP contribution in [0.2, 0.25) is 0 Å². The van der Waals surface area contributed by atoms with Crippen molar-refractivity contribution in [2.45, 2.75) is 43.7 Å². The lowest BCUT2D eigenvalue weighted by Crippen LogP contribution is -2.51. The Kier molecular flexibility index (Phi) is 7.24. The van der Waals surface area contributed by atoms with E-state index in [9.17, 15) is 14.4 Å². The van der Waals surface area contributed by atoms with Gasteiger partial charge in [0.05, 0.1) is 0 Å². The molecule has 0 spiro atoms. The second-order valence-corrected chi connectivity index (χ2v) is 8.35. The van der Waals surface area contributed by atoms with Gasteiger partial charge in [-0.15, -0.1) is 0 Å². The fourth-order valence-electron chi connectivity index (χ4n) is 4.46. The fourth-order valence-corrected chi connectivity index (χ4v) is 4.46. The van der Waals surface area contributed by atoms with Crippen LogP contribution in [0, 0.1) is 0 Å². The van der Waals surface area contributed by atoms with Crippen LogP contribution in [0.4, 0.5) is 4.79 Å². The van der Waals surface area contributed by atoms with Crippen molar-refractivity contribution in [3.63, 3.8) is 0 Å². The van der Waals surface area contributed by atoms with Crippen LogP contribution < -0.4 is 10.6 Å². The number of aliphatic carboxylic acids is 1. The number of fused-ring (bicyclic) bond motifs is 3. The lowest BCUT2D eigenvalue weighted by molar-refractivity contribution is -0.137. The lowest BCUT2D eigenvalue weighted by atomic mass is 9.98. The number of hydrogen-bond acceptors (Lipinski definition) is 5. The van der Waals surface area contributed by atoms with Crippen LogP contribution in [0.5, 0.6) is 0 Å². The fraction of sp³-hybridized carbons (Fsp3) is 0.400. The Labute approximate surface area is 192 Å². The van der Waals surface area contributed by atoms with Gasteiger partial charge in [-0.2, -0.15) is 0 Å². The molecular formula is C25H28N2O6. The molecule has 2 amide bonds. The average molecular weight is 453 g/mol. The van der Waals surface area contributed by atoms with Gasteiger partial charge in [0.2, 0.25) is 5.91 Å². The lowest BCUT2D eigenvalue weighted by Gasteiger charge is -2.26. The summed E-state index contributed by atoms with van der Waals surface area (Å²) < 4.78 is 10.8. The first-order chi connectivity index (χ1) is 16.0. The number of carboxylic acids is 1. The van der Waals surface area contributed by atoms with E-state index in [0.717, 1.165) is 22.3 Å². The molecule has 2 aliphatic rings. The molecule has 8 nitrogen and oxygen atoms in total. The van der Waals surface area contributed by atoms with E-state index < -0.39 is 24.0 Å². The van der Waals surface area contributed by atoms with Crippen molar-refractivity contribution in [1.29, 1.82) is 0 Å². The van der Waals surface area contributed by atoms with Gasteiger partial charge in [0.15, 0.2) is 0 Å². The Morgan fingerprint density at radius 2 is 1.61 bits per heavy atom. The Balaban J connectivity index is 1.39. The van der Waals surface area contributed by atoms with Crippen molar-refractivity contribution in [1.82, 2.24) is 10.6 Å². The third kappa shape index (κ3) is 5.51. The third-order valence-corrected chi connectivity index (χ3v) is 6.17. The number of hydrogen-bond donors (Lipinski definition) is 3. The van der Waals surface area contributed by atoms with Crippen molar-refractivity contribution < 1.29 is 29.0 Å². The van der Waals surface area contributed by atoms with Gasteiger partial charge >= 0.3 is 12.1 Å². The van der Waals surface area contributed by atoms with E-state index in [2.05, 4.69) is 22.8 Å². The number of ether oxygens (including phenoxy) is 2. The van der Waals surface area contributed by atoms with Gasteiger partial charge in [0.1, 0.15) is 12.6 Å². The highest BCUT2D eigenvalue weighted by Gasteiger charge is 2.30. The molecule has 1 unspecified atom stereocenters. The van der Waals surface area contributed by atoms with Crippen LogP contribution in [0.25, 0.3) is 11.1 Å². The number of carboxylic acid groups (broad SMARTS) is 1. The molecule has 2 aromatic rings. The molecular weight excluding hydrogens is 424 g/mol. The molecule has 0 bridgehead atoms. The van der Waals surface area contributed by atoms with Gasteiger partial charge in [0.25, 0.3) is 0 Å². The van der Waals surface area contributed by atoms with Gasteiger partial charge in [-0.1, -0.05) is 48.5 Å². The first kappa shape index (κ1) is 22.8. The van der Waals surface area contributed by atoms with Crippen molar-refractivity contribution in [2.75, 3.05) is 19.8 Å². The molecule has 2 aromatic carbocycles. The Morgan fingerprint density at radius 3 is 2.21 bits per heavy atom. The van der Waals surface area contributed by atoms with E-state index in [1.165, 1.54) is 0 Å². The average Bonchev–Trinajstić information content (AvgIpc) is 3.14. The number of nitrogens with one attached hydrogen (secondary N) is 2. The van der Waals surface area contributed by atoms with Crippen molar-refractivity contribution >= 4 is 18.0 Å². The summed E-state index contributed by atoms with van der Waals surface area (Å²) in [5, 5.41) is 14.5. The maximum absolute atomic E-state index is 12.7.